The zero-order valence-corrected chi connectivity index (χ0v) is 13.0. The van der Waals surface area contributed by atoms with Crippen molar-refractivity contribution in [3.05, 3.63) is 0 Å². The molecule has 2 saturated carbocycles. The molecular formula is C16H29NO3. The predicted octanol–water partition coefficient (Wildman–Crippen LogP) is 2.81. The van der Waals surface area contributed by atoms with E-state index in [0.717, 1.165) is 31.6 Å². The highest BCUT2D eigenvalue weighted by molar-refractivity contribution is 5.79. The molecule has 0 heterocycles. The van der Waals surface area contributed by atoms with Gasteiger partial charge >= 0.3 is 5.97 Å². The first-order valence-electron chi connectivity index (χ1n) is 8.04. The number of carbonyl (C=O) groups is 1. The van der Waals surface area contributed by atoms with Crippen LogP contribution in [0, 0.1) is 11.8 Å². The maximum atomic E-state index is 11.5. The lowest BCUT2D eigenvalue weighted by atomic mass is 9.78. The minimum atomic E-state index is -0.781. The van der Waals surface area contributed by atoms with Gasteiger partial charge in [0.05, 0.1) is 12.2 Å². The fourth-order valence-electron chi connectivity index (χ4n) is 3.76. The third-order valence-electron chi connectivity index (χ3n) is 5.53. The fourth-order valence-corrected chi connectivity index (χ4v) is 3.76. The Morgan fingerprint density at radius 2 is 1.95 bits per heavy atom. The van der Waals surface area contributed by atoms with Gasteiger partial charge in [0.25, 0.3) is 0 Å². The van der Waals surface area contributed by atoms with E-state index in [1.165, 1.54) is 6.42 Å². The van der Waals surface area contributed by atoms with E-state index in [-0.39, 0.29) is 6.10 Å². The summed E-state index contributed by atoms with van der Waals surface area (Å²) in [6, 6.07) is 0. The third-order valence-corrected chi connectivity index (χ3v) is 5.53. The normalized spacial score (nSPS) is 42.4. The molecule has 2 N–H and O–H groups in total. The van der Waals surface area contributed by atoms with E-state index in [9.17, 15) is 9.90 Å². The van der Waals surface area contributed by atoms with Crippen molar-refractivity contribution in [3.63, 3.8) is 0 Å². The van der Waals surface area contributed by atoms with Crippen molar-refractivity contribution in [2.24, 2.45) is 11.8 Å². The summed E-state index contributed by atoms with van der Waals surface area (Å²) < 4.78 is 6.25. The van der Waals surface area contributed by atoms with E-state index in [2.05, 4.69) is 19.2 Å². The van der Waals surface area contributed by atoms with Crippen LogP contribution in [0.5, 0.6) is 0 Å². The summed E-state index contributed by atoms with van der Waals surface area (Å²) in [5, 5.41) is 12.5. The van der Waals surface area contributed by atoms with Crippen LogP contribution in [-0.2, 0) is 9.53 Å². The molecule has 4 heteroatoms. The van der Waals surface area contributed by atoms with Gasteiger partial charge in [-0.25, -0.2) is 0 Å². The second-order valence-corrected chi connectivity index (χ2v) is 6.88. The Morgan fingerprint density at radius 3 is 2.55 bits per heavy atom. The Labute approximate surface area is 122 Å². The van der Waals surface area contributed by atoms with Crippen LogP contribution < -0.4 is 5.32 Å². The van der Waals surface area contributed by atoms with Crippen molar-refractivity contribution in [1.29, 1.82) is 0 Å². The van der Waals surface area contributed by atoms with Crippen molar-refractivity contribution in [2.45, 2.75) is 76.5 Å². The van der Waals surface area contributed by atoms with E-state index in [1.54, 1.807) is 7.05 Å². The Hall–Kier alpha value is -0.610. The molecule has 116 valence electrons. The van der Waals surface area contributed by atoms with E-state index >= 15 is 0 Å². The molecule has 0 saturated heterocycles. The van der Waals surface area contributed by atoms with Gasteiger partial charge in [-0.05, 0) is 57.4 Å². The van der Waals surface area contributed by atoms with Crippen molar-refractivity contribution >= 4 is 5.97 Å². The molecular weight excluding hydrogens is 254 g/mol. The van der Waals surface area contributed by atoms with Crippen LogP contribution in [0.3, 0.4) is 0 Å². The number of carboxylic acids is 1. The largest absolute Gasteiger partial charge is 0.480 e. The van der Waals surface area contributed by atoms with Gasteiger partial charge < -0.3 is 15.2 Å². The quantitative estimate of drug-likeness (QED) is 0.833. The van der Waals surface area contributed by atoms with Gasteiger partial charge in [-0.2, -0.15) is 0 Å². The number of rotatable bonds is 4. The average molecular weight is 283 g/mol. The van der Waals surface area contributed by atoms with E-state index < -0.39 is 11.5 Å². The van der Waals surface area contributed by atoms with E-state index in [0.29, 0.717) is 24.9 Å². The molecule has 5 atom stereocenters. The average Bonchev–Trinajstić information content (AvgIpc) is 2.43. The lowest BCUT2D eigenvalue weighted by molar-refractivity contribution is -0.150. The summed E-state index contributed by atoms with van der Waals surface area (Å²) in [4.78, 5) is 11.5. The molecule has 2 aliphatic rings. The Balaban J connectivity index is 1.91. The molecule has 5 unspecified atom stereocenters. The third kappa shape index (κ3) is 3.34. The summed E-state index contributed by atoms with van der Waals surface area (Å²) in [5.74, 6) is 0.765. The SMILES string of the molecule is CNC1(C(=O)O)CCCC(OC2CCC(C)C(C)C2)C1. The summed E-state index contributed by atoms with van der Waals surface area (Å²) >= 11 is 0. The van der Waals surface area contributed by atoms with Crippen molar-refractivity contribution in [1.82, 2.24) is 5.32 Å². The molecule has 0 aromatic rings. The Morgan fingerprint density at radius 1 is 1.20 bits per heavy atom. The number of carboxylic acid groups (broad SMARTS) is 1. The second kappa shape index (κ2) is 6.44. The fraction of sp³-hybridized carbons (Fsp3) is 0.938. The van der Waals surface area contributed by atoms with Crippen LogP contribution in [0.1, 0.15) is 58.8 Å². The minimum absolute atomic E-state index is 0.0953. The van der Waals surface area contributed by atoms with E-state index in [1.807, 2.05) is 0 Å². The van der Waals surface area contributed by atoms with Gasteiger partial charge in [0.1, 0.15) is 5.54 Å². The number of hydrogen-bond donors (Lipinski definition) is 2. The molecule has 0 aromatic carbocycles. The van der Waals surface area contributed by atoms with Gasteiger partial charge in [-0.15, -0.1) is 0 Å². The number of aliphatic carboxylic acids is 1. The lowest BCUT2D eigenvalue weighted by Gasteiger charge is -2.40. The summed E-state index contributed by atoms with van der Waals surface area (Å²) in [6.45, 7) is 4.62. The molecule has 0 aromatic heterocycles. The summed E-state index contributed by atoms with van der Waals surface area (Å²) in [6.07, 6.45) is 7.13. The van der Waals surface area contributed by atoms with Crippen LogP contribution in [0.15, 0.2) is 0 Å². The molecule has 0 bridgehead atoms. The molecule has 2 rings (SSSR count). The minimum Gasteiger partial charge on any atom is -0.480 e. The lowest BCUT2D eigenvalue weighted by Crippen LogP contribution is -2.55. The van der Waals surface area contributed by atoms with Crippen molar-refractivity contribution in [2.75, 3.05) is 7.05 Å². The predicted molar refractivity (Wildman–Crippen MR) is 78.7 cm³/mol. The maximum Gasteiger partial charge on any atom is 0.323 e. The maximum absolute atomic E-state index is 11.5. The number of ether oxygens (including phenoxy) is 1. The van der Waals surface area contributed by atoms with Crippen LogP contribution in [0.25, 0.3) is 0 Å². The van der Waals surface area contributed by atoms with Gasteiger partial charge in [0.15, 0.2) is 0 Å². The van der Waals surface area contributed by atoms with Crippen LogP contribution in [0.4, 0.5) is 0 Å². The summed E-state index contributed by atoms with van der Waals surface area (Å²) in [5.41, 5.74) is -0.781. The number of likely N-dealkylation sites (N-methyl/N-ethyl adjacent to an activating group) is 1. The molecule has 4 nitrogen and oxygen atoms in total. The monoisotopic (exact) mass is 283 g/mol. The van der Waals surface area contributed by atoms with Crippen LogP contribution in [0.2, 0.25) is 0 Å². The standard InChI is InChI=1S/C16H29NO3/c1-11-6-7-13(9-12(11)2)20-14-5-4-8-16(10-14,17-3)15(18)19/h11-14,17H,4-10H2,1-3H3,(H,18,19). The topological polar surface area (TPSA) is 58.6 Å². The van der Waals surface area contributed by atoms with Gasteiger partial charge in [-0.3, -0.25) is 4.79 Å². The Bertz CT molecular complexity index is 347. The van der Waals surface area contributed by atoms with Crippen molar-refractivity contribution in [3.8, 4) is 0 Å². The van der Waals surface area contributed by atoms with Gasteiger partial charge in [0.2, 0.25) is 0 Å². The van der Waals surface area contributed by atoms with Crippen LogP contribution in [-0.4, -0.2) is 35.9 Å². The molecule has 0 amide bonds. The highest BCUT2D eigenvalue weighted by Gasteiger charge is 2.42. The molecule has 0 aliphatic heterocycles. The Kier molecular flexibility index (Phi) is 5.08. The highest BCUT2D eigenvalue weighted by atomic mass is 16.5. The van der Waals surface area contributed by atoms with Crippen molar-refractivity contribution < 1.29 is 14.6 Å². The molecule has 2 aliphatic carbocycles. The first kappa shape index (κ1) is 15.8. The first-order chi connectivity index (χ1) is 9.47. The zero-order chi connectivity index (χ0) is 14.8. The number of nitrogens with one attached hydrogen (secondary N) is 1. The van der Waals surface area contributed by atoms with Gasteiger partial charge in [-0.1, -0.05) is 13.8 Å². The van der Waals surface area contributed by atoms with Crippen LogP contribution >= 0.6 is 0 Å². The second-order valence-electron chi connectivity index (χ2n) is 6.88. The first-order valence-corrected chi connectivity index (χ1v) is 8.04. The molecule has 2 fully saturated rings. The molecule has 0 spiro atoms. The summed E-state index contributed by atoms with van der Waals surface area (Å²) in [7, 11) is 1.75. The highest BCUT2D eigenvalue weighted by Crippen LogP contribution is 2.35. The zero-order valence-electron chi connectivity index (χ0n) is 13.0. The van der Waals surface area contributed by atoms with Gasteiger partial charge in [0, 0.05) is 6.42 Å². The molecule has 20 heavy (non-hydrogen) atoms. The number of hydrogen-bond acceptors (Lipinski definition) is 3. The molecule has 0 radical (unpaired) electrons. The smallest absolute Gasteiger partial charge is 0.323 e. The van der Waals surface area contributed by atoms with E-state index in [4.69, 9.17) is 4.74 Å².